The molecule has 5 nitrogen and oxygen atoms in total. The Morgan fingerprint density at radius 2 is 2.05 bits per heavy atom. The molecule has 1 heterocycles. The van der Waals surface area contributed by atoms with E-state index in [2.05, 4.69) is 33.4 Å². The summed E-state index contributed by atoms with van der Waals surface area (Å²) in [5.41, 5.74) is 0. The zero-order chi connectivity index (χ0) is 13.6. The van der Waals surface area contributed by atoms with Crippen LogP contribution in [0, 0.1) is 9.54 Å². The van der Waals surface area contributed by atoms with E-state index in [4.69, 9.17) is 28.9 Å². The first kappa shape index (κ1) is 19.4. The van der Waals surface area contributed by atoms with Crippen LogP contribution >= 0.6 is 24.4 Å². The minimum atomic E-state index is -1.48. The quantitative estimate of drug-likeness (QED) is 0.383. The molecule has 0 saturated heterocycles. The third kappa shape index (κ3) is 8.33. The smallest absolute Gasteiger partial charge is 1.00 e. The number of hydrogen-bond acceptors (Lipinski definition) is 5. The van der Waals surface area contributed by atoms with Gasteiger partial charge in [0.25, 0.3) is 0 Å². The molecule has 0 aliphatic carbocycles. The van der Waals surface area contributed by atoms with E-state index in [0.717, 1.165) is 25.6 Å². The van der Waals surface area contributed by atoms with Crippen LogP contribution in [0.5, 0.6) is 0 Å². The Kier molecular flexibility index (Phi) is 9.59. The number of H-pyrrole nitrogens is 2. The van der Waals surface area contributed by atoms with Crippen LogP contribution in [0.2, 0.25) is 19.1 Å². The van der Waals surface area contributed by atoms with Crippen LogP contribution in [-0.2, 0) is 4.43 Å². The van der Waals surface area contributed by atoms with Gasteiger partial charge in [0.2, 0.25) is 10.7 Å². The van der Waals surface area contributed by atoms with Gasteiger partial charge in [-0.25, -0.2) is 0 Å². The third-order valence-electron chi connectivity index (χ3n) is 2.45. The number of anilines is 1. The molecule has 9 heteroatoms. The Bertz CT molecular complexity index is 468. The normalized spacial score (nSPS) is 10.9. The van der Waals surface area contributed by atoms with Gasteiger partial charge in [-0.2, -0.15) is 4.98 Å². The summed E-state index contributed by atoms with van der Waals surface area (Å²) in [5.74, 6) is 0.625. The van der Waals surface area contributed by atoms with Crippen LogP contribution in [-0.4, -0.2) is 36.4 Å². The van der Waals surface area contributed by atoms with Gasteiger partial charge in [0.15, 0.2) is 13.1 Å². The molecule has 0 amide bonds. The number of rotatable bonds is 7. The van der Waals surface area contributed by atoms with Crippen LogP contribution < -0.4 is 34.9 Å². The second-order valence-electron chi connectivity index (χ2n) is 4.57. The molecule has 0 radical (unpaired) electrons. The Morgan fingerprint density at radius 1 is 1.37 bits per heavy atom. The predicted molar refractivity (Wildman–Crippen MR) is 82.7 cm³/mol. The van der Waals surface area contributed by atoms with Crippen molar-refractivity contribution in [1.29, 1.82) is 0 Å². The number of hydrogen-bond donors (Lipinski definition) is 3. The van der Waals surface area contributed by atoms with Crippen molar-refractivity contribution < 1.29 is 35.4 Å². The topological polar surface area (TPSA) is 65.7 Å². The van der Waals surface area contributed by atoms with E-state index in [1.54, 1.807) is 0 Å². The zero-order valence-electron chi connectivity index (χ0n) is 13.0. The molecule has 1 rings (SSSR count). The van der Waals surface area contributed by atoms with E-state index in [9.17, 15) is 0 Å². The van der Waals surface area contributed by atoms with Crippen molar-refractivity contribution >= 4 is 38.7 Å². The molecule has 0 bridgehead atoms. The zero-order valence-corrected chi connectivity index (χ0v) is 16.6. The average Bonchev–Trinajstić information content (AvgIpc) is 2.23. The summed E-state index contributed by atoms with van der Waals surface area (Å²) in [6, 6.07) is 1.12. The van der Waals surface area contributed by atoms with E-state index in [-0.39, 0.29) is 31.0 Å². The molecule has 1 aromatic rings. The fraction of sp³-hybridized carbons (Fsp3) is 0.700. The maximum atomic E-state index is 5.77. The molecule has 3 N–H and O–H groups in total. The molecule has 0 spiro atoms. The van der Waals surface area contributed by atoms with Crippen molar-refractivity contribution in [3.05, 3.63) is 9.54 Å². The summed E-state index contributed by atoms with van der Waals surface area (Å²) in [7, 11) is -1.48. The first-order valence-electron chi connectivity index (χ1n) is 6.01. The van der Waals surface area contributed by atoms with E-state index in [1.165, 1.54) is 0 Å². The van der Waals surface area contributed by atoms with E-state index < -0.39 is 8.32 Å². The number of nitrogens with zero attached hydrogens (tertiary/aromatic N) is 1. The van der Waals surface area contributed by atoms with Gasteiger partial charge >= 0.3 is 29.6 Å². The SMILES string of the molecule is CCO[Si](C)(C)CCCNc1nc(=S)[nH]c(=S)[nH]1.[H-].[Na+]. The monoisotopic (exact) mass is 328 g/mol. The van der Waals surface area contributed by atoms with Crippen molar-refractivity contribution in [3.8, 4) is 0 Å². The largest absolute Gasteiger partial charge is 1.00 e. The van der Waals surface area contributed by atoms with Crippen LogP contribution in [0.15, 0.2) is 0 Å². The third-order valence-corrected chi connectivity index (χ3v) is 5.47. The molecule has 0 aromatic carbocycles. The Balaban J connectivity index is 0. The van der Waals surface area contributed by atoms with Crippen molar-refractivity contribution in [3.63, 3.8) is 0 Å². The molecule has 0 atom stereocenters. The van der Waals surface area contributed by atoms with E-state index in [1.807, 2.05) is 6.92 Å². The van der Waals surface area contributed by atoms with Gasteiger partial charge in [-0.05, 0) is 56.9 Å². The minimum absolute atomic E-state index is 0. The fourth-order valence-electron chi connectivity index (χ4n) is 1.66. The summed E-state index contributed by atoms with van der Waals surface area (Å²) in [6.07, 6.45) is 1.05. The van der Waals surface area contributed by atoms with Crippen molar-refractivity contribution in [1.82, 2.24) is 15.0 Å². The van der Waals surface area contributed by atoms with Crippen molar-refractivity contribution in [2.75, 3.05) is 18.5 Å². The molecule has 19 heavy (non-hydrogen) atoms. The summed E-state index contributed by atoms with van der Waals surface area (Å²) < 4.78 is 6.65. The number of nitrogens with one attached hydrogen (secondary N) is 3. The number of aromatic nitrogens is 3. The van der Waals surface area contributed by atoms with Crippen LogP contribution in [0.3, 0.4) is 0 Å². The minimum Gasteiger partial charge on any atom is -1.00 e. The summed E-state index contributed by atoms with van der Waals surface area (Å²) in [5, 5.41) is 3.19. The Morgan fingerprint density at radius 3 is 2.63 bits per heavy atom. The molecular formula is C10H21N4NaOS2Si. The molecular weight excluding hydrogens is 307 g/mol. The Hall–Kier alpha value is 0.427. The summed E-state index contributed by atoms with van der Waals surface area (Å²) in [6.45, 7) is 8.15. The first-order chi connectivity index (χ1) is 8.43. The van der Waals surface area contributed by atoms with Crippen molar-refractivity contribution in [2.45, 2.75) is 32.5 Å². The predicted octanol–water partition coefficient (Wildman–Crippen LogP) is 0.357. The Labute approximate surface area is 148 Å². The summed E-state index contributed by atoms with van der Waals surface area (Å²) >= 11 is 9.94. The van der Waals surface area contributed by atoms with Gasteiger partial charge < -0.3 is 21.1 Å². The molecule has 0 fully saturated rings. The average molecular weight is 329 g/mol. The van der Waals surface area contributed by atoms with Gasteiger partial charge in [-0.1, -0.05) is 0 Å². The van der Waals surface area contributed by atoms with E-state index >= 15 is 0 Å². The van der Waals surface area contributed by atoms with Crippen LogP contribution in [0.25, 0.3) is 0 Å². The maximum Gasteiger partial charge on any atom is 1.00 e. The second-order valence-corrected chi connectivity index (χ2v) is 9.67. The van der Waals surface area contributed by atoms with Gasteiger partial charge in [0.05, 0.1) is 0 Å². The molecule has 104 valence electrons. The maximum absolute atomic E-state index is 5.77. The standard InChI is InChI=1S/C10H20N4OS2Si.Na.H/c1-4-15-18(2,3)7-5-6-11-8-12-9(16)14-10(17)13-8;;/h4-7H2,1-3H3,(H3,11,12,13,14,16,17);;/q;+1;-1. The van der Waals surface area contributed by atoms with Gasteiger partial charge in [0, 0.05) is 13.2 Å². The molecule has 0 saturated carbocycles. The molecule has 0 aliphatic heterocycles. The van der Waals surface area contributed by atoms with E-state index in [0.29, 0.717) is 15.5 Å². The van der Waals surface area contributed by atoms with Crippen molar-refractivity contribution in [2.24, 2.45) is 0 Å². The first-order valence-corrected chi connectivity index (χ1v) is 9.94. The van der Waals surface area contributed by atoms with Crippen LogP contribution in [0.1, 0.15) is 14.8 Å². The van der Waals surface area contributed by atoms with Crippen LogP contribution in [0.4, 0.5) is 5.95 Å². The summed E-state index contributed by atoms with van der Waals surface area (Å²) in [4.78, 5) is 9.78. The second kappa shape index (κ2) is 9.38. The van der Waals surface area contributed by atoms with Gasteiger partial charge in [-0.15, -0.1) is 0 Å². The number of aromatic amines is 2. The van der Waals surface area contributed by atoms with Gasteiger partial charge in [0.1, 0.15) is 0 Å². The van der Waals surface area contributed by atoms with Gasteiger partial charge in [-0.3, -0.25) is 0 Å². The molecule has 0 aliphatic rings. The molecule has 1 aromatic heterocycles. The molecule has 0 unspecified atom stereocenters. The fourth-order valence-corrected chi connectivity index (χ4v) is 4.07.